The van der Waals surface area contributed by atoms with Crippen LogP contribution >= 0.6 is 0 Å². The zero-order valence-electron chi connectivity index (χ0n) is 18.6. The lowest BCUT2D eigenvalue weighted by molar-refractivity contribution is -0.165. The Morgan fingerprint density at radius 2 is 1.90 bits per heavy atom. The highest BCUT2D eigenvalue weighted by Crippen LogP contribution is 2.66. The molecular formula is C25H40O4. The summed E-state index contributed by atoms with van der Waals surface area (Å²) >= 11 is 0. The minimum absolute atomic E-state index is 0.0787. The third kappa shape index (κ3) is 3.58. The summed E-state index contributed by atoms with van der Waals surface area (Å²) in [4.78, 5) is 24.2. The highest BCUT2D eigenvalue weighted by atomic mass is 16.5. The standard InChI is InChI=1S/C25H40O4/c1-4-29-23(28)7-5-6-16-10-12-24(2)19-11-13-25(3)18(8-9-22(25)27)17(19)15-21(26)20(24)14-16/h16-21,26H,4-15H2,1-3H3/t16-,17?,18?,19?,20?,21-,24+,25-/m0/s1. The molecular weight excluding hydrogens is 364 g/mol. The van der Waals surface area contributed by atoms with Crippen LogP contribution in [-0.4, -0.2) is 29.6 Å². The number of hydrogen-bond donors (Lipinski definition) is 1. The van der Waals surface area contributed by atoms with E-state index in [0.29, 0.717) is 48.4 Å². The zero-order valence-corrected chi connectivity index (χ0v) is 18.6. The Balaban J connectivity index is 1.42. The second-order valence-electron chi connectivity index (χ2n) is 11.0. The fourth-order valence-corrected chi connectivity index (χ4v) is 8.18. The van der Waals surface area contributed by atoms with Crippen LogP contribution in [0.4, 0.5) is 0 Å². The van der Waals surface area contributed by atoms with Gasteiger partial charge in [-0.05, 0) is 99.7 Å². The van der Waals surface area contributed by atoms with Crippen molar-refractivity contribution in [2.24, 2.45) is 40.4 Å². The van der Waals surface area contributed by atoms with Crippen LogP contribution < -0.4 is 0 Å². The second kappa shape index (κ2) is 7.98. The number of carbonyl (C=O) groups excluding carboxylic acids is 2. The molecule has 0 bridgehead atoms. The summed E-state index contributed by atoms with van der Waals surface area (Å²) in [5, 5.41) is 11.2. The Morgan fingerprint density at radius 1 is 1.10 bits per heavy atom. The first kappa shape index (κ1) is 21.3. The number of aliphatic hydroxyl groups excluding tert-OH is 1. The van der Waals surface area contributed by atoms with Crippen LogP contribution in [0.1, 0.15) is 91.4 Å². The van der Waals surface area contributed by atoms with E-state index in [4.69, 9.17) is 4.74 Å². The van der Waals surface area contributed by atoms with Crippen molar-refractivity contribution in [1.82, 2.24) is 0 Å². The predicted molar refractivity (Wildman–Crippen MR) is 112 cm³/mol. The number of ketones is 1. The Morgan fingerprint density at radius 3 is 2.66 bits per heavy atom. The van der Waals surface area contributed by atoms with Gasteiger partial charge in [-0.3, -0.25) is 9.59 Å². The van der Waals surface area contributed by atoms with Crippen LogP contribution in [0.3, 0.4) is 0 Å². The Kier molecular flexibility index (Phi) is 5.87. The number of fused-ring (bicyclic) bond motifs is 5. The minimum Gasteiger partial charge on any atom is -0.466 e. The maximum absolute atomic E-state index is 12.6. The summed E-state index contributed by atoms with van der Waals surface area (Å²) in [5.41, 5.74) is 0.0985. The number of ether oxygens (including phenoxy) is 1. The van der Waals surface area contributed by atoms with Crippen molar-refractivity contribution in [3.05, 3.63) is 0 Å². The Labute approximate surface area is 176 Å². The van der Waals surface area contributed by atoms with Gasteiger partial charge in [0, 0.05) is 18.3 Å². The van der Waals surface area contributed by atoms with Gasteiger partial charge in [0.2, 0.25) is 0 Å². The lowest BCUT2D eigenvalue weighted by atomic mass is 9.44. The summed E-state index contributed by atoms with van der Waals surface area (Å²) in [5.74, 6) is 3.08. The zero-order chi connectivity index (χ0) is 20.8. The van der Waals surface area contributed by atoms with Crippen LogP contribution in [-0.2, 0) is 14.3 Å². The molecule has 0 spiro atoms. The molecule has 4 fully saturated rings. The van der Waals surface area contributed by atoms with Crippen LogP contribution in [0.5, 0.6) is 0 Å². The van der Waals surface area contributed by atoms with Crippen LogP contribution in [0.2, 0.25) is 0 Å². The predicted octanol–water partition coefficient (Wildman–Crippen LogP) is 4.92. The third-order valence-corrected chi connectivity index (χ3v) is 9.80. The SMILES string of the molecule is CCOC(=O)CCC[C@H]1CC[C@]2(C)C3CC[C@]4(C)C(=O)CCC4C3C[C@H](O)C2C1. The van der Waals surface area contributed by atoms with Gasteiger partial charge in [0.25, 0.3) is 0 Å². The second-order valence-corrected chi connectivity index (χ2v) is 11.0. The van der Waals surface area contributed by atoms with Crippen molar-refractivity contribution in [2.45, 2.75) is 97.5 Å². The van der Waals surface area contributed by atoms with Gasteiger partial charge in [0.1, 0.15) is 5.78 Å². The molecule has 0 heterocycles. The molecule has 164 valence electrons. The molecule has 4 aliphatic rings. The molecule has 4 heteroatoms. The summed E-state index contributed by atoms with van der Waals surface area (Å²) in [6.45, 7) is 6.98. The highest BCUT2D eigenvalue weighted by molar-refractivity contribution is 5.87. The molecule has 0 aromatic carbocycles. The van der Waals surface area contributed by atoms with E-state index in [1.54, 1.807) is 0 Å². The number of aliphatic hydroxyl groups is 1. The highest BCUT2D eigenvalue weighted by Gasteiger charge is 2.61. The van der Waals surface area contributed by atoms with E-state index in [1.165, 1.54) is 12.8 Å². The minimum atomic E-state index is -0.229. The lowest BCUT2D eigenvalue weighted by Crippen LogP contribution is -2.57. The molecule has 4 aliphatic carbocycles. The Bertz CT molecular complexity index is 645. The lowest BCUT2D eigenvalue weighted by Gasteiger charge is -2.61. The van der Waals surface area contributed by atoms with Gasteiger partial charge in [-0.1, -0.05) is 13.8 Å². The van der Waals surface area contributed by atoms with Crippen molar-refractivity contribution in [1.29, 1.82) is 0 Å². The Hall–Kier alpha value is -0.900. The first-order valence-corrected chi connectivity index (χ1v) is 12.2. The fraction of sp³-hybridized carbons (Fsp3) is 0.920. The van der Waals surface area contributed by atoms with E-state index in [9.17, 15) is 14.7 Å². The molecule has 0 radical (unpaired) electrons. The normalized spacial score (nSPS) is 46.6. The number of Topliss-reactive ketones (excluding diaryl/α,β-unsaturated/α-hetero) is 1. The molecule has 4 saturated carbocycles. The molecule has 0 aliphatic heterocycles. The average molecular weight is 405 g/mol. The monoisotopic (exact) mass is 404 g/mol. The topological polar surface area (TPSA) is 63.6 Å². The molecule has 29 heavy (non-hydrogen) atoms. The van der Waals surface area contributed by atoms with Gasteiger partial charge in [0.05, 0.1) is 12.7 Å². The molecule has 0 amide bonds. The van der Waals surface area contributed by atoms with Gasteiger partial charge >= 0.3 is 5.97 Å². The number of esters is 1. The summed E-state index contributed by atoms with van der Waals surface area (Å²) in [6, 6.07) is 0. The van der Waals surface area contributed by atoms with E-state index >= 15 is 0 Å². The molecule has 0 saturated heterocycles. The van der Waals surface area contributed by atoms with E-state index in [-0.39, 0.29) is 22.9 Å². The van der Waals surface area contributed by atoms with Crippen molar-refractivity contribution in [3.63, 3.8) is 0 Å². The number of carbonyl (C=O) groups is 2. The molecule has 0 aromatic rings. The van der Waals surface area contributed by atoms with E-state index in [2.05, 4.69) is 13.8 Å². The van der Waals surface area contributed by atoms with Crippen molar-refractivity contribution in [2.75, 3.05) is 6.61 Å². The average Bonchev–Trinajstić information content (AvgIpc) is 2.98. The summed E-state index contributed by atoms with van der Waals surface area (Å²) in [6.07, 6.45) is 10.7. The smallest absolute Gasteiger partial charge is 0.305 e. The van der Waals surface area contributed by atoms with E-state index in [0.717, 1.165) is 51.4 Å². The molecule has 8 atom stereocenters. The summed E-state index contributed by atoms with van der Waals surface area (Å²) in [7, 11) is 0. The third-order valence-electron chi connectivity index (χ3n) is 9.80. The van der Waals surface area contributed by atoms with Crippen LogP contribution in [0.15, 0.2) is 0 Å². The largest absolute Gasteiger partial charge is 0.466 e. The van der Waals surface area contributed by atoms with Crippen molar-refractivity contribution in [3.8, 4) is 0 Å². The molecule has 4 unspecified atom stereocenters. The molecule has 4 nitrogen and oxygen atoms in total. The van der Waals surface area contributed by atoms with E-state index in [1.807, 2.05) is 6.92 Å². The van der Waals surface area contributed by atoms with Crippen molar-refractivity contribution >= 4 is 11.8 Å². The fourth-order valence-electron chi connectivity index (χ4n) is 8.18. The van der Waals surface area contributed by atoms with Crippen LogP contribution in [0, 0.1) is 40.4 Å². The van der Waals surface area contributed by atoms with Crippen LogP contribution in [0.25, 0.3) is 0 Å². The van der Waals surface area contributed by atoms with Gasteiger partial charge in [-0.2, -0.15) is 0 Å². The quantitative estimate of drug-likeness (QED) is 0.661. The van der Waals surface area contributed by atoms with Crippen molar-refractivity contribution < 1.29 is 19.4 Å². The summed E-state index contributed by atoms with van der Waals surface area (Å²) < 4.78 is 5.06. The van der Waals surface area contributed by atoms with E-state index < -0.39 is 0 Å². The number of hydrogen-bond acceptors (Lipinski definition) is 4. The van der Waals surface area contributed by atoms with Gasteiger partial charge in [-0.15, -0.1) is 0 Å². The first-order chi connectivity index (χ1) is 13.8. The maximum atomic E-state index is 12.6. The van der Waals surface area contributed by atoms with Gasteiger partial charge in [-0.25, -0.2) is 0 Å². The molecule has 1 N–H and O–H groups in total. The van der Waals surface area contributed by atoms with Gasteiger partial charge in [0.15, 0.2) is 0 Å². The number of rotatable bonds is 5. The molecule has 0 aromatic heterocycles. The first-order valence-electron chi connectivity index (χ1n) is 12.2. The van der Waals surface area contributed by atoms with Gasteiger partial charge < -0.3 is 9.84 Å². The maximum Gasteiger partial charge on any atom is 0.305 e. The molecule has 4 rings (SSSR count).